The number of fused-ring (bicyclic) bond motifs is 1. The minimum atomic E-state index is -0.508. The molecule has 1 aliphatic rings. The number of nitrogens with one attached hydrogen (secondary N) is 1. The predicted molar refractivity (Wildman–Crippen MR) is 93.1 cm³/mol. The number of aliphatic hydroxyl groups excluding tert-OH is 1. The van der Waals surface area contributed by atoms with Crippen molar-refractivity contribution in [2.45, 2.75) is 52.2 Å². The average molecular weight is 318 g/mol. The first-order chi connectivity index (χ1) is 11.1. The van der Waals surface area contributed by atoms with Crippen molar-refractivity contribution >= 4 is 5.91 Å². The minimum absolute atomic E-state index is 0.0572. The van der Waals surface area contributed by atoms with Gasteiger partial charge < -0.3 is 10.4 Å². The molecule has 1 aliphatic heterocycles. The van der Waals surface area contributed by atoms with Crippen molar-refractivity contribution < 1.29 is 9.90 Å². The summed E-state index contributed by atoms with van der Waals surface area (Å²) in [5.74, 6) is 0.507. The zero-order valence-electron chi connectivity index (χ0n) is 14.4. The Morgan fingerprint density at radius 3 is 2.65 bits per heavy atom. The lowest BCUT2D eigenvalue weighted by molar-refractivity contribution is -0.122. The Labute approximate surface area is 139 Å². The van der Waals surface area contributed by atoms with E-state index in [0.717, 1.165) is 32.4 Å². The molecule has 0 saturated carbocycles. The normalized spacial score (nSPS) is 16.2. The first-order valence-electron chi connectivity index (χ1n) is 8.86. The molecule has 0 saturated heterocycles. The number of hydrogen-bond acceptors (Lipinski definition) is 3. The van der Waals surface area contributed by atoms with Crippen LogP contribution in [0.5, 0.6) is 0 Å². The third-order valence-corrected chi connectivity index (χ3v) is 4.84. The van der Waals surface area contributed by atoms with Gasteiger partial charge in [-0.25, -0.2) is 0 Å². The lowest BCUT2D eigenvalue weighted by atomic mass is 9.99. The van der Waals surface area contributed by atoms with Gasteiger partial charge in [-0.1, -0.05) is 51.0 Å². The molecule has 0 bridgehead atoms. The van der Waals surface area contributed by atoms with Crippen LogP contribution in [0.3, 0.4) is 0 Å². The summed E-state index contributed by atoms with van der Waals surface area (Å²) in [5.41, 5.74) is 2.76. The molecule has 1 atom stereocenters. The molecule has 1 amide bonds. The highest BCUT2D eigenvalue weighted by Gasteiger charge is 2.19. The fraction of sp³-hybridized carbons (Fsp3) is 0.632. The first-order valence-corrected chi connectivity index (χ1v) is 8.86. The van der Waals surface area contributed by atoms with E-state index in [2.05, 4.69) is 48.3 Å². The van der Waals surface area contributed by atoms with E-state index in [0.29, 0.717) is 25.4 Å². The molecule has 2 rings (SSSR count). The fourth-order valence-electron chi connectivity index (χ4n) is 3.22. The molecule has 4 nitrogen and oxygen atoms in total. The number of carbonyl (C=O) groups is 1. The van der Waals surface area contributed by atoms with Crippen molar-refractivity contribution in [3.8, 4) is 0 Å². The SMILES string of the molecule is CCC(CC)CC(=O)NCC(O)CN1CCc2ccccc2C1. The van der Waals surface area contributed by atoms with Gasteiger partial charge in [0.25, 0.3) is 0 Å². The highest BCUT2D eigenvalue weighted by atomic mass is 16.3. The highest BCUT2D eigenvalue weighted by molar-refractivity contribution is 5.76. The van der Waals surface area contributed by atoms with Gasteiger partial charge in [-0.05, 0) is 23.5 Å². The van der Waals surface area contributed by atoms with Crippen molar-refractivity contribution in [3.63, 3.8) is 0 Å². The molecule has 128 valence electrons. The molecule has 0 spiro atoms. The van der Waals surface area contributed by atoms with E-state index in [1.807, 2.05) is 0 Å². The highest BCUT2D eigenvalue weighted by Crippen LogP contribution is 2.18. The van der Waals surface area contributed by atoms with Crippen molar-refractivity contribution in [2.75, 3.05) is 19.6 Å². The Balaban J connectivity index is 1.71. The summed E-state index contributed by atoms with van der Waals surface area (Å²) in [4.78, 5) is 14.2. The van der Waals surface area contributed by atoms with Crippen molar-refractivity contribution in [2.24, 2.45) is 5.92 Å². The largest absolute Gasteiger partial charge is 0.390 e. The van der Waals surface area contributed by atoms with Gasteiger partial charge in [-0.3, -0.25) is 9.69 Å². The van der Waals surface area contributed by atoms with Gasteiger partial charge in [0.2, 0.25) is 5.91 Å². The van der Waals surface area contributed by atoms with Crippen LogP contribution in [0, 0.1) is 5.92 Å². The number of rotatable bonds is 8. The van der Waals surface area contributed by atoms with E-state index in [4.69, 9.17) is 0 Å². The van der Waals surface area contributed by atoms with Crippen LogP contribution in [-0.4, -0.2) is 41.7 Å². The number of β-amino-alcohol motifs (C(OH)–C–C–N with tert-alkyl or cyclic N) is 1. The van der Waals surface area contributed by atoms with E-state index < -0.39 is 6.10 Å². The second-order valence-electron chi connectivity index (χ2n) is 6.60. The summed E-state index contributed by atoms with van der Waals surface area (Å²) >= 11 is 0. The van der Waals surface area contributed by atoms with E-state index in [1.54, 1.807) is 0 Å². The molecule has 1 heterocycles. The Morgan fingerprint density at radius 2 is 1.96 bits per heavy atom. The lowest BCUT2D eigenvalue weighted by Gasteiger charge is -2.30. The molecule has 0 aliphatic carbocycles. The van der Waals surface area contributed by atoms with Crippen LogP contribution >= 0.6 is 0 Å². The quantitative estimate of drug-likeness (QED) is 0.773. The molecule has 1 aromatic carbocycles. The third-order valence-electron chi connectivity index (χ3n) is 4.84. The first kappa shape index (κ1) is 18.0. The predicted octanol–water partition coefficient (Wildman–Crippen LogP) is 2.35. The Kier molecular flexibility index (Phi) is 7.06. The third kappa shape index (κ3) is 5.63. The van der Waals surface area contributed by atoms with Crippen molar-refractivity contribution in [3.05, 3.63) is 35.4 Å². The molecule has 0 fully saturated rings. The maximum atomic E-state index is 11.9. The van der Waals surface area contributed by atoms with E-state index in [9.17, 15) is 9.90 Å². The standard InChI is InChI=1S/C19H30N2O2/c1-3-15(4-2)11-19(23)20-12-18(22)14-21-10-9-16-7-5-6-8-17(16)13-21/h5-8,15,18,22H,3-4,9-14H2,1-2H3,(H,20,23). The van der Waals surface area contributed by atoms with Crippen LogP contribution in [0.4, 0.5) is 0 Å². The summed E-state index contributed by atoms with van der Waals surface area (Å²) in [6.45, 7) is 7.04. The summed E-state index contributed by atoms with van der Waals surface area (Å²) in [6.07, 6.45) is 3.14. The zero-order valence-corrected chi connectivity index (χ0v) is 14.4. The van der Waals surface area contributed by atoms with Gasteiger partial charge in [0.15, 0.2) is 0 Å². The number of carbonyl (C=O) groups excluding carboxylic acids is 1. The van der Waals surface area contributed by atoms with Crippen LogP contribution in [0.15, 0.2) is 24.3 Å². The molecule has 1 aromatic rings. The van der Waals surface area contributed by atoms with Crippen LogP contribution < -0.4 is 5.32 Å². The summed E-state index contributed by atoms with van der Waals surface area (Å²) in [5, 5.41) is 13.1. The van der Waals surface area contributed by atoms with E-state index in [-0.39, 0.29) is 5.91 Å². The lowest BCUT2D eigenvalue weighted by Crippen LogP contribution is -2.42. The molecule has 4 heteroatoms. The molecule has 0 radical (unpaired) electrons. The van der Waals surface area contributed by atoms with Crippen molar-refractivity contribution in [1.29, 1.82) is 0 Å². The summed E-state index contributed by atoms with van der Waals surface area (Å²) in [6, 6.07) is 8.49. The summed E-state index contributed by atoms with van der Waals surface area (Å²) in [7, 11) is 0. The van der Waals surface area contributed by atoms with E-state index >= 15 is 0 Å². The number of nitrogens with zero attached hydrogens (tertiary/aromatic N) is 1. The number of aliphatic hydroxyl groups is 1. The fourth-order valence-corrected chi connectivity index (χ4v) is 3.22. The Bertz CT molecular complexity index is 500. The zero-order chi connectivity index (χ0) is 16.7. The molecular weight excluding hydrogens is 288 g/mol. The second kappa shape index (κ2) is 9.04. The van der Waals surface area contributed by atoms with Crippen molar-refractivity contribution in [1.82, 2.24) is 10.2 Å². The average Bonchev–Trinajstić information content (AvgIpc) is 2.57. The Hall–Kier alpha value is -1.39. The maximum absolute atomic E-state index is 11.9. The van der Waals surface area contributed by atoms with Crippen LogP contribution in [-0.2, 0) is 17.8 Å². The van der Waals surface area contributed by atoms with Gasteiger partial charge in [0.05, 0.1) is 6.10 Å². The molecule has 0 aromatic heterocycles. The Morgan fingerprint density at radius 1 is 1.26 bits per heavy atom. The molecule has 23 heavy (non-hydrogen) atoms. The van der Waals surface area contributed by atoms with Crippen LogP contribution in [0.2, 0.25) is 0 Å². The number of hydrogen-bond donors (Lipinski definition) is 2. The minimum Gasteiger partial charge on any atom is -0.390 e. The maximum Gasteiger partial charge on any atom is 0.220 e. The number of amides is 1. The van der Waals surface area contributed by atoms with Crippen LogP contribution in [0.25, 0.3) is 0 Å². The topological polar surface area (TPSA) is 52.6 Å². The van der Waals surface area contributed by atoms with Crippen LogP contribution in [0.1, 0.15) is 44.2 Å². The van der Waals surface area contributed by atoms with Gasteiger partial charge in [0.1, 0.15) is 0 Å². The summed E-state index contributed by atoms with van der Waals surface area (Å²) < 4.78 is 0. The van der Waals surface area contributed by atoms with Gasteiger partial charge in [-0.2, -0.15) is 0 Å². The number of benzene rings is 1. The van der Waals surface area contributed by atoms with E-state index in [1.165, 1.54) is 11.1 Å². The van der Waals surface area contributed by atoms with Gasteiger partial charge in [-0.15, -0.1) is 0 Å². The van der Waals surface area contributed by atoms with Gasteiger partial charge >= 0.3 is 0 Å². The molecular formula is C19H30N2O2. The molecule has 2 N–H and O–H groups in total. The smallest absolute Gasteiger partial charge is 0.220 e. The second-order valence-corrected chi connectivity index (χ2v) is 6.60. The monoisotopic (exact) mass is 318 g/mol. The van der Waals surface area contributed by atoms with Gasteiger partial charge in [0, 0.05) is 32.6 Å². The molecule has 1 unspecified atom stereocenters.